The highest BCUT2D eigenvalue weighted by Crippen LogP contribution is 2.45. The van der Waals surface area contributed by atoms with E-state index in [1.807, 2.05) is 184 Å². The van der Waals surface area contributed by atoms with Crippen molar-refractivity contribution in [3.63, 3.8) is 0 Å². The highest BCUT2D eigenvalue weighted by molar-refractivity contribution is 6.00. The number of carboxylic acids is 1. The van der Waals surface area contributed by atoms with Crippen LogP contribution < -0.4 is 103 Å². The van der Waals surface area contributed by atoms with E-state index in [-0.39, 0.29) is 45.8 Å². The number of halogens is 6. The van der Waals surface area contributed by atoms with E-state index in [4.69, 9.17) is 112 Å². The summed E-state index contributed by atoms with van der Waals surface area (Å²) in [4.78, 5) is 49.0. The Morgan fingerprint density at radius 1 is 0.304 bits per heavy atom. The van der Waals surface area contributed by atoms with E-state index >= 15 is 0 Å². The van der Waals surface area contributed by atoms with Gasteiger partial charge < -0.3 is 118 Å². The van der Waals surface area contributed by atoms with Crippen molar-refractivity contribution in [3.8, 4) is 78.3 Å². The highest BCUT2D eigenvalue weighted by Gasteiger charge is 2.39. The Morgan fingerprint density at radius 3 is 0.899 bits per heavy atom. The minimum atomic E-state index is -4.84. The van der Waals surface area contributed by atoms with Crippen molar-refractivity contribution < 1.29 is 65.6 Å². The van der Waals surface area contributed by atoms with E-state index in [1.54, 1.807) is 103 Å². The first-order valence-electron chi connectivity index (χ1n) is 41.6. The molecule has 2 amide bonds. The van der Waals surface area contributed by atoms with Gasteiger partial charge in [-0.1, -0.05) is 140 Å². The largest absolute Gasteiger partial charge is 0.506 e. The quantitative estimate of drug-likeness (QED) is 0.0208. The summed E-state index contributed by atoms with van der Waals surface area (Å²) >= 11 is 0. The smallest absolute Gasteiger partial charge is 0.417 e. The summed E-state index contributed by atoms with van der Waals surface area (Å²) in [6.45, 7) is 4.03. The number of nitrogen functional groups attached to an aromatic ring is 16. The van der Waals surface area contributed by atoms with Gasteiger partial charge in [-0.05, 0) is 321 Å². The third-order valence-corrected chi connectivity index (χ3v) is 20.5. The maximum Gasteiger partial charge on any atom is 0.417 e. The Morgan fingerprint density at radius 2 is 0.572 bits per heavy atom. The Kier molecular flexibility index (Phi) is 37.1. The number of amides is 2. The van der Waals surface area contributed by atoms with Crippen molar-refractivity contribution in [3.05, 3.63) is 389 Å². The molecule has 0 aliphatic rings. The lowest BCUT2D eigenvalue weighted by Crippen LogP contribution is -2.13. The van der Waals surface area contributed by atoms with Gasteiger partial charge in [0.05, 0.1) is 45.0 Å². The predicted molar refractivity (Wildman–Crippen MR) is 546 cm³/mol. The molecular formula is C106H104F6N18O8. The van der Waals surface area contributed by atoms with Gasteiger partial charge >= 0.3 is 24.5 Å². The summed E-state index contributed by atoms with van der Waals surface area (Å²) in [7, 11) is 0. The number of hydrogen-bond acceptors (Lipinski definition) is 23. The number of aromatic carboxylic acids is 1. The number of phenols is 2. The second-order valence-electron chi connectivity index (χ2n) is 30.9. The van der Waals surface area contributed by atoms with Crippen LogP contribution in [0.25, 0.3) is 66.8 Å². The third kappa shape index (κ3) is 31.8. The van der Waals surface area contributed by atoms with Crippen LogP contribution in [0.4, 0.5) is 123 Å². The van der Waals surface area contributed by atoms with E-state index in [1.165, 1.54) is 33.4 Å². The van der Waals surface area contributed by atoms with Gasteiger partial charge in [0, 0.05) is 73.9 Å². The van der Waals surface area contributed by atoms with Crippen molar-refractivity contribution in [2.45, 2.75) is 39.0 Å². The van der Waals surface area contributed by atoms with Gasteiger partial charge in [-0.15, -0.1) is 0 Å². The van der Waals surface area contributed by atoms with Gasteiger partial charge in [0.25, 0.3) is 5.91 Å². The number of nitrogens with one attached hydrogen (secondary N) is 1. The van der Waals surface area contributed by atoms with Crippen LogP contribution in [0.2, 0.25) is 0 Å². The first-order chi connectivity index (χ1) is 65.4. The normalized spacial score (nSPS) is 10.3. The number of nitrogens with two attached hydrogens (primary N) is 17. The van der Waals surface area contributed by atoms with Crippen LogP contribution in [0, 0.1) is 13.8 Å². The molecule has 0 saturated heterocycles. The molecule has 0 aromatic heterocycles. The van der Waals surface area contributed by atoms with Gasteiger partial charge in [-0.2, -0.15) is 35.9 Å². The summed E-state index contributed by atoms with van der Waals surface area (Å²) in [5.74, 6) is -1.58. The van der Waals surface area contributed by atoms with Crippen LogP contribution in [-0.4, -0.2) is 39.8 Å². The molecule has 16 aromatic rings. The molecule has 16 rings (SSSR count). The monoisotopic (exact) mass is 1870 g/mol. The van der Waals surface area contributed by atoms with Crippen molar-refractivity contribution >= 4 is 121 Å². The van der Waals surface area contributed by atoms with Gasteiger partial charge in [0.1, 0.15) is 11.5 Å². The van der Waals surface area contributed by atoms with Gasteiger partial charge in [0.2, 0.25) is 6.41 Å². The van der Waals surface area contributed by atoms with E-state index in [0.717, 1.165) is 138 Å². The van der Waals surface area contributed by atoms with Gasteiger partial charge in [-0.25, -0.2) is 4.79 Å². The molecule has 0 heterocycles. The zero-order valence-electron chi connectivity index (χ0n) is 74.7. The van der Waals surface area contributed by atoms with Crippen LogP contribution in [0.5, 0.6) is 11.5 Å². The van der Waals surface area contributed by atoms with E-state index in [0.29, 0.717) is 52.7 Å². The number of carboxylic acid groups (broad SMARTS) is 1. The molecule has 0 saturated carbocycles. The highest BCUT2D eigenvalue weighted by atomic mass is 19.4. The number of aryl methyl sites for hydroxylation is 2. The molecule has 708 valence electrons. The average molecular weight is 1870 g/mol. The number of aromatic hydroxyl groups is 2. The summed E-state index contributed by atoms with van der Waals surface area (Å²) in [6.07, 6.45) is -7.09. The maximum atomic E-state index is 13.1. The standard InChI is InChI=1S/C14H10F6N2.C14H14N4O2.C14H16N2.C13H12N2O2.2C13H14N2.C12H12N2O2.C12H12N2.CO2/c15-13(16,17)11-5-7(21)1-3-9(11)10-4-2-8(22)6-12(10)14(18,19)20;15-11-3-1-8(5-10(11)14(17)20)9-2-4-12(16)13(6-9)18-7-19;1-9-7-11(3-5-13(9)15)12-4-6-14(16)10(2)8-12;14-10-4-1-8(2-5-10)9-3-6-12(15)11(7-9)13(16)17;14-12-5-1-10(2-6-12)9-11-3-7-13(15)8-4-11;14-12-5-1-3-10(8-12)7-11-4-2-6-13(15)9-11;13-9-3-1-7(5-11(9)15)8-2-4-10(14)12(16)6-8;13-11-5-1-9(2-6-11)10-3-7-12(14)8-4-10;2-1-3/h1-6H,21-22H2;1-7H,15-16H2,(H2,17,20)(H,18,19);3-8H,15-16H2,1-2H3;1-7H,14-15H2,(H,16,17);1-8H,9,14-15H2;1-6,8-9H,7,14-15H2;1-6,15-16H,13-14H2;1-8H,13-14H2;. The average Bonchev–Trinajstić information content (AvgIpc) is 0.773. The molecular weight excluding hydrogens is 1770 g/mol. The predicted octanol–water partition coefficient (Wildman–Crippen LogP) is 19.8. The second kappa shape index (κ2) is 49.0. The number of phenolic OH excluding ortho intramolecular Hbond substituents is 2. The lowest BCUT2D eigenvalue weighted by molar-refractivity contribution is -0.191. The first kappa shape index (κ1) is 105. The minimum absolute atomic E-state index is 0.0221. The molecule has 32 heteroatoms. The Bertz CT molecular complexity index is 6500. The van der Waals surface area contributed by atoms with Gasteiger partial charge in [0.15, 0.2) is 0 Å². The molecule has 0 unspecified atom stereocenters. The number of benzene rings is 16. The molecule has 0 atom stereocenters. The lowest BCUT2D eigenvalue weighted by atomic mass is 9.94. The molecule has 0 bridgehead atoms. The van der Waals surface area contributed by atoms with Crippen molar-refractivity contribution in [1.82, 2.24) is 0 Å². The SMILES string of the molecule is Cc1cc(-c2ccc(N)c(C)c2)ccc1N.NC(=O)c1cc(-c2ccc(N)c(NC=O)c2)ccc1N.Nc1ccc(-c2ccc(N)c(C(=O)O)c2)cc1.Nc1ccc(-c2ccc(N)c(O)c2)cc1O.Nc1ccc(-c2ccc(N)cc2)cc1.Nc1ccc(-c2ccc(N)cc2C(F)(F)F)c(C(F)(F)F)c1.Nc1ccc(Cc2ccc(N)cc2)cc1.Nc1cccc(Cc2cccc(N)c2)c1.O=C=O. The molecule has 16 aromatic carbocycles. The zero-order chi connectivity index (χ0) is 101. The maximum absolute atomic E-state index is 13.1. The topological polar surface area (TPSA) is 600 Å². The van der Waals surface area contributed by atoms with Crippen molar-refractivity contribution in [1.29, 1.82) is 0 Å². The third-order valence-electron chi connectivity index (χ3n) is 20.5. The summed E-state index contributed by atoms with van der Waals surface area (Å²) in [5, 5.41) is 30.4. The fraction of sp³-hybridized carbons (Fsp3) is 0.0566. The van der Waals surface area contributed by atoms with Crippen LogP contribution in [0.3, 0.4) is 0 Å². The number of primary amides is 1. The van der Waals surface area contributed by atoms with Crippen molar-refractivity contribution in [2.75, 3.05) is 97.1 Å². The number of carbonyl (C=O) groups excluding carboxylic acids is 4. The van der Waals surface area contributed by atoms with E-state index < -0.39 is 46.5 Å². The number of rotatable bonds is 14. The Labute approximate surface area is 791 Å². The van der Waals surface area contributed by atoms with Crippen molar-refractivity contribution in [2.24, 2.45) is 5.73 Å². The van der Waals surface area contributed by atoms with E-state index in [9.17, 15) is 50.9 Å². The number of anilines is 17. The molecule has 0 fully saturated rings. The number of hydrogen-bond donors (Lipinski definition) is 21. The molecule has 0 aliphatic carbocycles. The second-order valence-corrected chi connectivity index (χ2v) is 30.9. The molecule has 0 aliphatic heterocycles. The molecule has 26 nitrogen and oxygen atoms in total. The van der Waals surface area contributed by atoms with Crippen LogP contribution >= 0.6 is 0 Å². The minimum Gasteiger partial charge on any atom is -0.506 e. The Hall–Kier alpha value is -18.7. The molecule has 138 heavy (non-hydrogen) atoms. The van der Waals surface area contributed by atoms with Crippen LogP contribution in [0.15, 0.2) is 334 Å². The summed E-state index contributed by atoms with van der Waals surface area (Å²) < 4.78 is 78.4. The summed E-state index contributed by atoms with van der Waals surface area (Å²) in [5.41, 5.74) is 117. The Balaban J connectivity index is 0.000000193. The molecule has 0 spiro atoms. The van der Waals surface area contributed by atoms with E-state index in [2.05, 4.69) is 29.6 Å². The number of alkyl halides is 6. The molecule has 0 radical (unpaired) electrons. The summed E-state index contributed by atoms with van der Waals surface area (Å²) in [6, 6.07) is 96.8. The first-order valence-corrected chi connectivity index (χ1v) is 41.6. The van der Waals surface area contributed by atoms with Crippen LogP contribution in [0.1, 0.15) is 65.2 Å². The number of carbonyl (C=O) groups is 3. The lowest BCUT2D eigenvalue weighted by Gasteiger charge is -2.18. The zero-order valence-corrected chi connectivity index (χ0v) is 74.7. The molecule has 38 N–H and O–H groups in total. The fourth-order valence-electron chi connectivity index (χ4n) is 13.2. The van der Waals surface area contributed by atoms with Crippen LogP contribution in [-0.2, 0) is 39.6 Å². The fourth-order valence-corrected chi connectivity index (χ4v) is 13.2. The van der Waals surface area contributed by atoms with Gasteiger partial charge in [-0.3, -0.25) is 9.59 Å².